The largest absolute Gasteiger partial charge is 0.458 e. The van der Waals surface area contributed by atoms with Crippen LogP contribution in [0.15, 0.2) is 53.3 Å². The van der Waals surface area contributed by atoms with E-state index in [0.29, 0.717) is 16.7 Å². The van der Waals surface area contributed by atoms with E-state index in [-0.39, 0.29) is 71.6 Å². The van der Waals surface area contributed by atoms with E-state index in [1.165, 1.54) is 16.7 Å². The van der Waals surface area contributed by atoms with Gasteiger partial charge < -0.3 is 46.5 Å². The van der Waals surface area contributed by atoms with Gasteiger partial charge in [0.2, 0.25) is 23.6 Å². The molecule has 53 heavy (non-hydrogen) atoms. The number of ether oxygens (including phenoxy) is 1. The van der Waals surface area contributed by atoms with Gasteiger partial charge in [0, 0.05) is 29.0 Å². The van der Waals surface area contributed by atoms with Crippen molar-refractivity contribution >= 4 is 46.2 Å². The minimum absolute atomic E-state index is 0.0146. The molecule has 6 rings (SSSR count). The molecule has 2 aliphatic heterocycles. The third-order valence-corrected chi connectivity index (χ3v) is 9.32. The highest BCUT2D eigenvalue weighted by Crippen LogP contribution is 2.40. The summed E-state index contributed by atoms with van der Waals surface area (Å²) in [6, 6.07) is 11.5. The first-order valence-corrected chi connectivity index (χ1v) is 16.7. The van der Waals surface area contributed by atoms with Gasteiger partial charge >= 0.3 is 5.97 Å². The number of anilines is 1. The van der Waals surface area contributed by atoms with Gasteiger partial charge in [0.25, 0.3) is 5.56 Å². The molecule has 0 saturated carbocycles. The van der Waals surface area contributed by atoms with Crippen LogP contribution >= 0.6 is 0 Å². The number of hydrogen-bond acceptors (Lipinski definition) is 11. The number of aliphatic hydroxyl groups excluding tert-OH is 1. The number of nitrogens with two attached hydrogens (primary N) is 1. The van der Waals surface area contributed by atoms with Gasteiger partial charge in [0.1, 0.15) is 18.5 Å². The smallest absolute Gasteiger partial charge is 0.343 e. The summed E-state index contributed by atoms with van der Waals surface area (Å²) in [6.45, 7) is -0.640. The molecule has 16 nitrogen and oxygen atoms in total. The van der Waals surface area contributed by atoms with Crippen molar-refractivity contribution in [1.29, 1.82) is 0 Å². The number of aliphatic hydroxyl groups is 2. The Morgan fingerprint density at radius 1 is 1.04 bits per heavy atom. The summed E-state index contributed by atoms with van der Waals surface area (Å²) in [5.74, 6) is -4.50. The zero-order chi connectivity index (χ0) is 38.0. The van der Waals surface area contributed by atoms with Gasteiger partial charge in [-0.25, -0.2) is 14.2 Å². The minimum Gasteiger partial charge on any atom is -0.458 e. The van der Waals surface area contributed by atoms with Crippen molar-refractivity contribution < 1.29 is 43.3 Å². The van der Waals surface area contributed by atoms with E-state index in [2.05, 4.69) is 26.3 Å². The van der Waals surface area contributed by atoms with Gasteiger partial charge in [-0.2, -0.15) is 0 Å². The Morgan fingerprint density at radius 2 is 1.77 bits per heavy atom. The number of fused-ring (bicyclic) bond motifs is 5. The lowest BCUT2D eigenvalue weighted by Crippen LogP contribution is -2.51. The zero-order valence-electron chi connectivity index (χ0n) is 28.5. The summed E-state index contributed by atoms with van der Waals surface area (Å²) in [7, 11) is 0. The molecule has 0 radical (unpaired) electrons. The third-order valence-electron chi connectivity index (χ3n) is 9.32. The van der Waals surface area contributed by atoms with Gasteiger partial charge in [-0.3, -0.25) is 24.0 Å². The average Bonchev–Trinajstić information content (AvgIpc) is 3.52. The van der Waals surface area contributed by atoms with Crippen LogP contribution in [0.5, 0.6) is 0 Å². The molecule has 2 aliphatic rings. The van der Waals surface area contributed by atoms with Gasteiger partial charge in [-0.15, -0.1) is 0 Å². The number of halogens is 1. The predicted molar refractivity (Wildman–Crippen MR) is 186 cm³/mol. The van der Waals surface area contributed by atoms with Crippen LogP contribution < -0.4 is 32.6 Å². The van der Waals surface area contributed by atoms with Crippen molar-refractivity contribution in [1.82, 2.24) is 25.5 Å². The topological polar surface area (TPSA) is 244 Å². The predicted octanol–water partition coefficient (Wildman–Crippen LogP) is -0.432. The van der Waals surface area contributed by atoms with Crippen LogP contribution in [0.2, 0.25) is 0 Å². The van der Waals surface area contributed by atoms with Crippen LogP contribution in [0, 0.1) is 5.82 Å². The lowest BCUT2D eigenvalue weighted by molar-refractivity contribution is -0.172. The number of benzene rings is 2. The minimum atomic E-state index is -2.04. The normalized spacial score (nSPS) is 16.1. The number of amides is 4. The fourth-order valence-electron chi connectivity index (χ4n) is 6.50. The molecule has 17 heteroatoms. The highest BCUT2D eigenvalue weighted by Gasteiger charge is 2.45. The van der Waals surface area contributed by atoms with Crippen molar-refractivity contribution in [3.8, 4) is 11.4 Å². The van der Waals surface area contributed by atoms with E-state index in [1.54, 1.807) is 37.3 Å². The second-order valence-electron chi connectivity index (χ2n) is 12.6. The Morgan fingerprint density at radius 3 is 2.47 bits per heavy atom. The van der Waals surface area contributed by atoms with E-state index in [0.717, 1.165) is 6.07 Å². The molecule has 4 aromatic rings. The number of esters is 1. The lowest BCUT2D eigenvalue weighted by Gasteiger charge is -2.31. The number of nitrogens with one attached hydrogen (secondary N) is 4. The first-order valence-electron chi connectivity index (χ1n) is 16.7. The molecular weight excluding hydrogens is 693 g/mol. The first kappa shape index (κ1) is 36.7. The molecule has 0 aliphatic carbocycles. The highest BCUT2D eigenvalue weighted by molar-refractivity contribution is 5.99. The SMILES string of the molecule is CC[C@@]1(O)C(=O)OCc2c1cc1n(c2=O)Cc2c-1nc1cc(F)c(NC(=O)CNC(=O)[C@H](Cc3ccccc3)NC(=O)CNC(=O)CN)cc1c2CO. The summed E-state index contributed by atoms with van der Waals surface area (Å²) < 4.78 is 22.0. The molecule has 4 heterocycles. The monoisotopic (exact) mass is 729 g/mol. The highest BCUT2D eigenvalue weighted by atomic mass is 19.1. The van der Waals surface area contributed by atoms with Gasteiger partial charge in [-0.05, 0) is 29.7 Å². The van der Waals surface area contributed by atoms with Crippen LogP contribution in [0.25, 0.3) is 22.3 Å². The number of hydrogen-bond donors (Lipinski definition) is 7. The van der Waals surface area contributed by atoms with Gasteiger partial charge in [0.15, 0.2) is 5.60 Å². The second kappa shape index (κ2) is 14.9. The Bertz CT molecular complexity index is 2230. The molecule has 0 bridgehead atoms. The summed E-state index contributed by atoms with van der Waals surface area (Å²) in [5, 5.41) is 31.6. The zero-order valence-corrected chi connectivity index (χ0v) is 28.5. The standard InChI is InChI=1S/C36H36FN7O9/c1-2-36(52)23-10-28-32-20(15-44(28)34(50)22(23)17-53-35(36)51)21(16-45)19-9-26(24(37)11-25(19)43-32)41-31(48)14-40-33(49)27(8-18-6-4-3-5-7-18)42-30(47)13-39-29(46)12-38/h3-7,9-11,27,45,52H,2,8,12-17,38H2,1H3,(H,39,46)(H,40,49)(H,41,48)(H,42,47)/t27-,36-/m0/s1. The van der Waals surface area contributed by atoms with Crippen LogP contribution in [0.4, 0.5) is 10.1 Å². The Balaban J connectivity index is 1.22. The maximum absolute atomic E-state index is 15.5. The van der Waals surface area contributed by atoms with E-state index in [9.17, 15) is 39.0 Å². The quantitative estimate of drug-likeness (QED) is 0.0813. The molecule has 276 valence electrons. The van der Waals surface area contributed by atoms with Crippen molar-refractivity contribution in [3.63, 3.8) is 0 Å². The number of nitrogens with zero attached hydrogens (tertiary/aromatic N) is 2. The number of rotatable bonds is 12. The molecule has 0 saturated heterocycles. The summed E-state index contributed by atoms with van der Waals surface area (Å²) in [4.78, 5) is 80.7. The number of carbonyl (C=O) groups excluding carboxylic acids is 5. The Hall–Kier alpha value is -6.04. The van der Waals surface area contributed by atoms with Crippen molar-refractivity contribution in [2.75, 3.05) is 25.0 Å². The number of aromatic nitrogens is 2. The molecule has 0 unspecified atom stereocenters. The van der Waals surface area contributed by atoms with Crippen molar-refractivity contribution in [2.24, 2.45) is 5.73 Å². The molecule has 2 atom stereocenters. The molecule has 8 N–H and O–H groups in total. The number of cyclic esters (lactones) is 1. The second-order valence-corrected chi connectivity index (χ2v) is 12.6. The maximum atomic E-state index is 15.5. The van der Waals surface area contributed by atoms with E-state index in [4.69, 9.17) is 10.5 Å². The van der Waals surface area contributed by atoms with E-state index >= 15 is 4.39 Å². The molecule has 2 aromatic carbocycles. The maximum Gasteiger partial charge on any atom is 0.343 e. The van der Waals surface area contributed by atoms with Crippen LogP contribution in [0.3, 0.4) is 0 Å². The molecule has 4 amide bonds. The molecule has 2 aromatic heterocycles. The number of carbonyl (C=O) groups is 5. The summed E-state index contributed by atoms with van der Waals surface area (Å²) in [6.07, 6.45) is 0.0157. The molecule has 0 fully saturated rings. The summed E-state index contributed by atoms with van der Waals surface area (Å²) >= 11 is 0. The third kappa shape index (κ3) is 7.09. The van der Waals surface area contributed by atoms with Crippen molar-refractivity contribution in [3.05, 3.63) is 92.5 Å². The first-order chi connectivity index (χ1) is 25.4. The van der Waals surface area contributed by atoms with Gasteiger partial charge in [0.05, 0.1) is 60.9 Å². The summed E-state index contributed by atoms with van der Waals surface area (Å²) in [5.41, 5.74) is 4.77. The van der Waals surface area contributed by atoms with E-state index in [1.807, 2.05) is 0 Å². The van der Waals surface area contributed by atoms with Crippen LogP contribution in [0.1, 0.15) is 41.2 Å². The lowest BCUT2D eigenvalue weighted by atomic mass is 9.86. The Labute approximate surface area is 300 Å². The molecular formula is C36H36FN7O9. The fourth-order valence-corrected chi connectivity index (χ4v) is 6.50. The Kier molecular flexibility index (Phi) is 10.3. The van der Waals surface area contributed by atoms with Gasteiger partial charge in [-0.1, -0.05) is 37.3 Å². The molecule has 0 spiro atoms. The average molecular weight is 730 g/mol. The van der Waals surface area contributed by atoms with E-state index < -0.39 is 72.3 Å². The van der Waals surface area contributed by atoms with Crippen LogP contribution in [-0.4, -0.2) is 75.0 Å². The fraction of sp³-hybridized carbons (Fsp3) is 0.306. The van der Waals surface area contributed by atoms with Crippen molar-refractivity contribution in [2.45, 2.75) is 51.2 Å². The number of pyridine rings is 2. The van der Waals surface area contributed by atoms with Crippen LogP contribution in [-0.2, 0) is 60.5 Å².